The van der Waals surface area contributed by atoms with E-state index in [-0.39, 0.29) is 0 Å². The van der Waals surface area contributed by atoms with Crippen LogP contribution in [-0.4, -0.2) is 43.2 Å². The number of benzene rings is 1. The molecule has 2 saturated heterocycles. The molecule has 0 aromatic heterocycles. The minimum atomic E-state index is 0.711. The Morgan fingerprint density at radius 1 is 1.20 bits per heavy atom. The van der Waals surface area contributed by atoms with E-state index >= 15 is 0 Å². The molecule has 0 spiro atoms. The lowest BCUT2D eigenvalue weighted by Gasteiger charge is -2.35. The van der Waals surface area contributed by atoms with E-state index in [9.17, 15) is 0 Å². The van der Waals surface area contributed by atoms with Crippen LogP contribution in [0.2, 0.25) is 5.02 Å². The van der Waals surface area contributed by atoms with E-state index in [1.807, 2.05) is 24.3 Å². The molecule has 2 aliphatic heterocycles. The van der Waals surface area contributed by atoms with Gasteiger partial charge in [-0.2, -0.15) is 0 Å². The average molecular weight is 295 g/mol. The fourth-order valence-corrected chi connectivity index (χ4v) is 3.53. The van der Waals surface area contributed by atoms with Gasteiger partial charge in [-0.3, -0.25) is 4.90 Å². The van der Waals surface area contributed by atoms with Crippen LogP contribution in [0.4, 0.5) is 0 Å². The normalized spacial score (nSPS) is 28.9. The second kappa shape index (κ2) is 6.33. The van der Waals surface area contributed by atoms with Crippen LogP contribution in [0.1, 0.15) is 25.7 Å². The van der Waals surface area contributed by atoms with E-state index in [0.29, 0.717) is 6.04 Å². The molecule has 0 aliphatic carbocycles. The number of piperidine rings is 1. The summed E-state index contributed by atoms with van der Waals surface area (Å²) in [5, 5.41) is 4.44. The standard InChI is InChI=1S/C16H23ClN2O/c1-19(15-10-13-4-5-14(11-15)18-13)8-9-20-16-6-2-12(17)3-7-16/h2-3,6-7,13-15,18H,4-5,8-11H2,1H3. The van der Waals surface area contributed by atoms with Gasteiger partial charge in [0.25, 0.3) is 0 Å². The fourth-order valence-electron chi connectivity index (χ4n) is 3.41. The molecular formula is C16H23ClN2O. The molecule has 2 unspecified atom stereocenters. The summed E-state index contributed by atoms with van der Waals surface area (Å²) < 4.78 is 5.78. The second-order valence-electron chi connectivity index (χ2n) is 6.05. The van der Waals surface area contributed by atoms with Gasteiger partial charge in [0.1, 0.15) is 12.4 Å². The Balaban J connectivity index is 1.43. The summed E-state index contributed by atoms with van der Waals surface area (Å²) in [4.78, 5) is 2.46. The zero-order valence-electron chi connectivity index (χ0n) is 12.0. The largest absolute Gasteiger partial charge is 0.492 e. The molecule has 4 heteroatoms. The van der Waals surface area contributed by atoms with Crippen LogP contribution in [0, 0.1) is 0 Å². The van der Waals surface area contributed by atoms with Crippen LogP contribution in [0.15, 0.2) is 24.3 Å². The van der Waals surface area contributed by atoms with Gasteiger partial charge in [-0.25, -0.2) is 0 Å². The van der Waals surface area contributed by atoms with Gasteiger partial charge in [0.15, 0.2) is 0 Å². The summed E-state index contributed by atoms with van der Waals surface area (Å²) in [5.74, 6) is 0.896. The molecule has 0 radical (unpaired) electrons. The number of rotatable bonds is 5. The van der Waals surface area contributed by atoms with E-state index in [2.05, 4.69) is 17.3 Å². The molecule has 1 aromatic rings. The Labute approximate surface area is 126 Å². The van der Waals surface area contributed by atoms with Gasteiger partial charge in [-0.05, 0) is 57.0 Å². The van der Waals surface area contributed by atoms with Crippen LogP contribution < -0.4 is 10.1 Å². The van der Waals surface area contributed by atoms with Crippen molar-refractivity contribution >= 4 is 11.6 Å². The Morgan fingerprint density at radius 3 is 2.50 bits per heavy atom. The summed E-state index contributed by atoms with van der Waals surface area (Å²) in [6.07, 6.45) is 5.29. The summed E-state index contributed by atoms with van der Waals surface area (Å²) >= 11 is 5.86. The highest BCUT2D eigenvalue weighted by Crippen LogP contribution is 2.29. The number of hydrogen-bond donors (Lipinski definition) is 1. The molecule has 110 valence electrons. The molecule has 3 rings (SSSR count). The van der Waals surface area contributed by atoms with Crippen molar-refractivity contribution in [2.24, 2.45) is 0 Å². The SMILES string of the molecule is CN(CCOc1ccc(Cl)cc1)C1CC2CCC(C1)N2. The number of halogens is 1. The van der Waals surface area contributed by atoms with Crippen molar-refractivity contribution in [1.29, 1.82) is 0 Å². The zero-order valence-corrected chi connectivity index (χ0v) is 12.8. The molecule has 20 heavy (non-hydrogen) atoms. The number of hydrogen-bond acceptors (Lipinski definition) is 3. The van der Waals surface area contributed by atoms with Crippen molar-refractivity contribution in [3.8, 4) is 5.75 Å². The molecule has 1 N–H and O–H groups in total. The molecule has 2 aliphatic rings. The zero-order chi connectivity index (χ0) is 13.9. The van der Waals surface area contributed by atoms with Crippen molar-refractivity contribution in [2.45, 2.75) is 43.8 Å². The van der Waals surface area contributed by atoms with Gasteiger partial charge in [0.05, 0.1) is 0 Å². The summed E-state index contributed by atoms with van der Waals surface area (Å²) in [5.41, 5.74) is 0. The van der Waals surface area contributed by atoms with Crippen molar-refractivity contribution in [2.75, 3.05) is 20.2 Å². The van der Waals surface area contributed by atoms with Gasteiger partial charge in [-0.1, -0.05) is 11.6 Å². The maximum atomic E-state index is 5.86. The third-order valence-electron chi connectivity index (χ3n) is 4.60. The first-order valence-corrected chi connectivity index (χ1v) is 7.93. The number of ether oxygens (including phenoxy) is 1. The number of nitrogens with zero attached hydrogens (tertiary/aromatic N) is 1. The van der Waals surface area contributed by atoms with E-state index < -0.39 is 0 Å². The molecule has 2 bridgehead atoms. The van der Waals surface area contributed by atoms with Crippen molar-refractivity contribution in [3.63, 3.8) is 0 Å². The predicted octanol–water partition coefficient (Wildman–Crippen LogP) is 2.93. The van der Waals surface area contributed by atoms with Crippen molar-refractivity contribution < 1.29 is 4.74 Å². The van der Waals surface area contributed by atoms with Crippen molar-refractivity contribution in [1.82, 2.24) is 10.2 Å². The quantitative estimate of drug-likeness (QED) is 0.904. The lowest BCUT2D eigenvalue weighted by molar-refractivity contribution is 0.147. The summed E-state index contributed by atoms with van der Waals surface area (Å²) in [6, 6.07) is 9.79. The van der Waals surface area contributed by atoms with Crippen LogP contribution in [0.5, 0.6) is 5.75 Å². The number of nitrogens with one attached hydrogen (secondary N) is 1. The van der Waals surface area contributed by atoms with Gasteiger partial charge < -0.3 is 10.1 Å². The smallest absolute Gasteiger partial charge is 0.119 e. The summed E-state index contributed by atoms with van der Waals surface area (Å²) in [7, 11) is 2.22. The van der Waals surface area contributed by atoms with E-state index in [1.54, 1.807) is 0 Å². The van der Waals surface area contributed by atoms with Crippen molar-refractivity contribution in [3.05, 3.63) is 29.3 Å². The Morgan fingerprint density at radius 2 is 1.85 bits per heavy atom. The molecule has 2 heterocycles. The first kappa shape index (κ1) is 14.2. The molecule has 0 saturated carbocycles. The van der Waals surface area contributed by atoms with Gasteiger partial charge in [-0.15, -0.1) is 0 Å². The maximum Gasteiger partial charge on any atom is 0.119 e. The maximum absolute atomic E-state index is 5.86. The molecular weight excluding hydrogens is 272 g/mol. The van der Waals surface area contributed by atoms with E-state index in [4.69, 9.17) is 16.3 Å². The molecule has 3 nitrogen and oxygen atoms in total. The highest BCUT2D eigenvalue weighted by Gasteiger charge is 2.34. The summed E-state index contributed by atoms with van der Waals surface area (Å²) in [6.45, 7) is 1.71. The van der Waals surface area contributed by atoms with Gasteiger partial charge in [0, 0.05) is 29.7 Å². The van der Waals surface area contributed by atoms with Crippen LogP contribution in [-0.2, 0) is 0 Å². The van der Waals surface area contributed by atoms with E-state index in [1.165, 1.54) is 25.7 Å². The highest BCUT2D eigenvalue weighted by molar-refractivity contribution is 6.30. The third kappa shape index (κ3) is 3.46. The molecule has 2 atom stereocenters. The third-order valence-corrected chi connectivity index (χ3v) is 4.85. The Hall–Kier alpha value is -0.770. The van der Waals surface area contributed by atoms with Crippen LogP contribution in [0.25, 0.3) is 0 Å². The Bertz CT molecular complexity index is 425. The molecule has 1 aromatic carbocycles. The second-order valence-corrected chi connectivity index (χ2v) is 6.48. The number of fused-ring (bicyclic) bond motifs is 2. The Kier molecular flexibility index (Phi) is 4.49. The monoisotopic (exact) mass is 294 g/mol. The lowest BCUT2D eigenvalue weighted by Crippen LogP contribution is -2.47. The predicted molar refractivity (Wildman–Crippen MR) is 82.5 cm³/mol. The minimum Gasteiger partial charge on any atom is -0.492 e. The highest BCUT2D eigenvalue weighted by atomic mass is 35.5. The minimum absolute atomic E-state index is 0.711. The topological polar surface area (TPSA) is 24.5 Å². The van der Waals surface area contributed by atoms with Crippen LogP contribution in [0.3, 0.4) is 0 Å². The first-order valence-electron chi connectivity index (χ1n) is 7.55. The molecule has 0 amide bonds. The number of likely N-dealkylation sites (N-methyl/N-ethyl adjacent to an activating group) is 1. The fraction of sp³-hybridized carbons (Fsp3) is 0.625. The van der Waals surface area contributed by atoms with Gasteiger partial charge >= 0.3 is 0 Å². The van der Waals surface area contributed by atoms with Gasteiger partial charge in [0.2, 0.25) is 0 Å². The lowest BCUT2D eigenvalue weighted by atomic mass is 9.99. The van der Waals surface area contributed by atoms with Crippen LogP contribution >= 0.6 is 11.6 Å². The molecule has 2 fully saturated rings. The van der Waals surface area contributed by atoms with E-state index in [0.717, 1.165) is 36.0 Å². The first-order chi connectivity index (χ1) is 9.70. The average Bonchev–Trinajstić information content (AvgIpc) is 2.79.